The zero-order chi connectivity index (χ0) is 42.4. The normalized spacial score (nSPS) is 13.9. The number of aliphatic hydroxyl groups excluding tert-OH is 2. The summed E-state index contributed by atoms with van der Waals surface area (Å²) < 4.78 is 5.89. The summed E-state index contributed by atoms with van der Waals surface area (Å²) in [5.41, 5.74) is 0. The first kappa shape index (κ1) is 55.3. The van der Waals surface area contributed by atoms with Crippen LogP contribution in [0.5, 0.6) is 0 Å². The molecule has 0 aromatic rings. The van der Waals surface area contributed by atoms with Crippen LogP contribution in [-0.2, 0) is 14.3 Å². The van der Waals surface area contributed by atoms with Crippen molar-refractivity contribution < 1.29 is 24.5 Å². The molecule has 334 valence electrons. The zero-order valence-corrected chi connectivity index (χ0v) is 37.9. The lowest BCUT2D eigenvalue weighted by atomic mass is 10.0. The molecule has 0 radical (unpaired) electrons. The highest BCUT2D eigenvalue weighted by Crippen LogP contribution is 2.17. The highest BCUT2D eigenvalue weighted by atomic mass is 16.5. The standard InChI is InChI=1S/C52H91NO5/c1-4-7-10-13-16-19-22-24-25-26-28-29-31-34-37-40-43-48(58-52(57)45-42-39-36-33-30-27-23-20-17-14-11-8-5-2)46-51(56)53-49(47-54)50(55)44-41-38-35-32-21-18-15-12-9-6-3/h8,11,14,17,20,22-26,28-29,48-50,54-55H,4-7,9-10,12-13,15-16,18-19,21,27,30-47H2,1-3H3,(H,53,56)/b11-8+,17-14+,23-20-,24-22+,26-25+,29-28+. The number of nitrogens with one attached hydrogen (secondary N) is 1. The Morgan fingerprint density at radius 3 is 1.41 bits per heavy atom. The number of allylic oxidation sites excluding steroid dienone is 12. The SMILES string of the molecule is CC/C=C/C=C/C=C\CCCCCCCC(=O)OC(CCCCC/C=C/C=C/C=C/CCCCCCC)CC(=O)NC(CO)C(O)CCCCCCCCCCCC. The highest BCUT2D eigenvalue weighted by molar-refractivity contribution is 5.77. The van der Waals surface area contributed by atoms with E-state index in [1.54, 1.807) is 0 Å². The van der Waals surface area contributed by atoms with Crippen molar-refractivity contribution in [2.45, 2.75) is 238 Å². The Labute approximate surface area is 358 Å². The smallest absolute Gasteiger partial charge is 0.306 e. The minimum absolute atomic E-state index is 0.0434. The number of rotatable bonds is 42. The molecule has 0 aliphatic carbocycles. The Hall–Kier alpha value is -2.70. The van der Waals surface area contributed by atoms with Crippen LogP contribution in [0.15, 0.2) is 72.9 Å². The van der Waals surface area contributed by atoms with Crippen LogP contribution in [-0.4, -0.2) is 46.9 Å². The molecule has 6 nitrogen and oxygen atoms in total. The molecule has 0 aromatic carbocycles. The number of amides is 1. The number of aliphatic hydroxyl groups is 2. The molecule has 0 heterocycles. The van der Waals surface area contributed by atoms with Crippen LogP contribution in [0.1, 0.15) is 220 Å². The Kier molecular flexibility index (Phi) is 43.3. The van der Waals surface area contributed by atoms with E-state index in [2.05, 4.69) is 99.0 Å². The number of esters is 1. The topological polar surface area (TPSA) is 95.9 Å². The van der Waals surface area contributed by atoms with Crippen molar-refractivity contribution in [2.75, 3.05) is 6.61 Å². The largest absolute Gasteiger partial charge is 0.462 e. The molecule has 0 saturated heterocycles. The number of carbonyl (C=O) groups is 2. The summed E-state index contributed by atoms with van der Waals surface area (Å²) in [5, 5.41) is 23.6. The maximum atomic E-state index is 13.2. The summed E-state index contributed by atoms with van der Waals surface area (Å²) in [4.78, 5) is 26.0. The Balaban J connectivity index is 4.73. The minimum atomic E-state index is -0.802. The van der Waals surface area contributed by atoms with Gasteiger partial charge in [0.05, 0.1) is 25.2 Å². The summed E-state index contributed by atoms with van der Waals surface area (Å²) in [6, 6.07) is -0.718. The van der Waals surface area contributed by atoms with Gasteiger partial charge in [0.1, 0.15) is 6.10 Å². The summed E-state index contributed by atoms with van der Waals surface area (Å²) in [6.07, 6.45) is 56.7. The van der Waals surface area contributed by atoms with E-state index in [1.165, 1.54) is 77.0 Å². The summed E-state index contributed by atoms with van der Waals surface area (Å²) >= 11 is 0. The van der Waals surface area contributed by atoms with Crippen molar-refractivity contribution in [2.24, 2.45) is 0 Å². The fourth-order valence-corrected chi connectivity index (χ4v) is 6.96. The average molecular weight is 810 g/mol. The van der Waals surface area contributed by atoms with Gasteiger partial charge in [0.2, 0.25) is 5.91 Å². The van der Waals surface area contributed by atoms with Crippen molar-refractivity contribution in [1.82, 2.24) is 5.32 Å². The monoisotopic (exact) mass is 810 g/mol. The fraction of sp³-hybridized carbons (Fsp3) is 0.731. The third kappa shape index (κ3) is 40.1. The predicted molar refractivity (Wildman–Crippen MR) is 250 cm³/mol. The van der Waals surface area contributed by atoms with Gasteiger partial charge in [-0.2, -0.15) is 0 Å². The number of hydrogen-bond donors (Lipinski definition) is 3. The van der Waals surface area contributed by atoms with Crippen LogP contribution < -0.4 is 5.32 Å². The Morgan fingerprint density at radius 2 is 0.931 bits per heavy atom. The van der Waals surface area contributed by atoms with Gasteiger partial charge >= 0.3 is 5.97 Å². The molecule has 0 saturated carbocycles. The molecule has 3 unspecified atom stereocenters. The van der Waals surface area contributed by atoms with Crippen LogP contribution >= 0.6 is 0 Å². The van der Waals surface area contributed by atoms with Gasteiger partial charge in [0, 0.05) is 6.42 Å². The highest BCUT2D eigenvalue weighted by Gasteiger charge is 2.24. The zero-order valence-electron chi connectivity index (χ0n) is 37.9. The fourth-order valence-electron chi connectivity index (χ4n) is 6.96. The molecular formula is C52H91NO5. The summed E-state index contributed by atoms with van der Waals surface area (Å²) in [7, 11) is 0. The van der Waals surface area contributed by atoms with Gasteiger partial charge in [0.25, 0.3) is 0 Å². The van der Waals surface area contributed by atoms with Gasteiger partial charge < -0.3 is 20.3 Å². The quantitative estimate of drug-likeness (QED) is 0.0324. The number of unbranched alkanes of at least 4 members (excludes halogenated alkanes) is 22. The number of carbonyl (C=O) groups excluding carboxylic acids is 2. The first-order chi connectivity index (χ1) is 28.5. The van der Waals surface area contributed by atoms with Crippen LogP contribution in [0, 0.1) is 0 Å². The predicted octanol–water partition coefficient (Wildman–Crippen LogP) is 14.2. The van der Waals surface area contributed by atoms with E-state index < -0.39 is 18.2 Å². The summed E-state index contributed by atoms with van der Waals surface area (Å²) in [5.74, 6) is -0.536. The lowest BCUT2D eigenvalue weighted by Crippen LogP contribution is -2.46. The molecule has 3 atom stereocenters. The van der Waals surface area contributed by atoms with E-state index in [0.717, 1.165) is 96.3 Å². The van der Waals surface area contributed by atoms with Crippen molar-refractivity contribution in [3.8, 4) is 0 Å². The lowest BCUT2D eigenvalue weighted by molar-refractivity contribution is -0.151. The van der Waals surface area contributed by atoms with Gasteiger partial charge in [0.15, 0.2) is 0 Å². The van der Waals surface area contributed by atoms with E-state index in [1.807, 2.05) is 0 Å². The first-order valence-electron chi connectivity index (χ1n) is 24.2. The van der Waals surface area contributed by atoms with Gasteiger partial charge in [-0.15, -0.1) is 0 Å². The number of ether oxygens (including phenoxy) is 1. The van der Waals surface area contributed by atoms with Crippen LogP contribution in [0.25, 0.3) is 0 Å². The second-order valence-corrected chi connectivity index (χ2v) is 16.2. The molecule has 3 N–H and O–H groups in total. The maximum Gasteiger partial charge on any atom is 0.306 e. The van der Waals surface area contributed by atoms with E-state index in [9.17, 15) is 19.8 Å². The van der Waals surface area contributed by atoms with Gasteiger partial charge in [-0.05, 0) is 70.6 Å². The maximum absolute atomic E-state index is 13.2. The number of hydrogen-bond acceptors (Lipinski definition) is 5. The molecule has 1 amide bonds. The lowest BCUT2D eigenvalue weighted by Gasteiger charge is -2.24. The van der Waals surface area contributed by atoms with Crippen LogP contribution in [0.3, 0.4) is 0 Å². The molecule has 0 aromatic heterocycles. The average Bonchev–Trinajstić information content (AvgIpc) is 3.22. The third-order valence-corrected chi connectivity index (χ3v) is 10.6. The van der Waals surface area contributed by atoms with Crippen LogP contribution in [0.4, 0.5) is 0 Å². The molecule has 0 aliphatic rings. The van der Waals surface area contributed by atoms with E-state index in [-0.39, 0.29) is 24.9 Å². The third-order valence-electron chi connectivity index (χ3n) is 10.6. The van der Waals surface area contributed by atoms with Crippen LogP contribution in [0.2, 0.25) is 0 Å². The molecule has 0 fully saturated rings. The second kappa shape index (κ2) is 45.4. The van der Waals surface area contributed by atoms with E-state index >= 15 is 0 Å². The van der Waals surface area contributed by atoms with Crippen molar-refractivity contribution in [1.29, 1.82) is 0 Å². The minimum Gasteiger partial charge on any atom is -0.462 e. The second-order valence-electron chi connectivity index (χ2n) is 16.2. The van der Waals surface area contributed by atoms with Crippen molar-refractivity contribution >= 4 is 11.9 Å². The molecule has 0 rings (SSSR count). The molecule has 0 spiro atoms. The van der Waals surface area contributed by atoms with Gasteiger partial charge in [-0.25, -0.2) is 0 Å². The van der Waals surface area contributed by atoms with E-state index in [4.69, 9.17) is 4.74 Å². The van der Waals surface area contributed by atoms with Gasteiger partial charge in [-0.1, -0.05) is 209 Å². The molecular weight excluding hydrogens is 719 g/mol. The molecule has 58 heavy (non-hydrogen) atoms. The van der Waals surface area contributed by atoms with Crippen molar-refractivity contribution in [3.63, 3.8) is 0 Å². The van der Waals surface area contributed by atoms with Gasteiger partial charge in [-0.3, -0.25) is 9.59 Å². The Bertz CT molecular complexity index is 1090. The Morgan fingerprint density at radius 1 is 0.517 bits per heavy atom. The molecule has 0 aliphatic heterocycles. The van der Waals surface area contributed by atoms with Crippen molar-refractivity contribution in [3.05, 3.63) is 72.9 Å². The molecule has 0 bridgehead atoms. The first-order valence-corrected chi connectivity index (χ1v) is 24.2. The van der Waals surface area contributed by atoms with E-state index in [0.29, 0.717) is 19.3 Å². The molecule has 6 heteroatoms. The summed E-state index contributed by atoms with van der Waals surface area (Å²) in [6.45, 7) is 6.30.